The minimum atomic E-state index is -0.423. The highest BCUT2D eigenvalue weighted by Gasteiger charge is 2.06. The van der Waals surface area contributed by atoms with Crippen LogP contribution in [0.5, 0.6) is 0 Å². The number of hydrogen-bond acceptors (Lipinski definition) is 2. The number of halogens is 2. The van der Waals surface area contributed by atoms with Gasteiger partial charge in [0.15, 0.2) is 0 Å². The second kappa shape index (κ2) is 9.72. The topological polar surface area (TPSA) is 32.3 Å². The highest BCUT2D eigenvalue weighted by atomic mass is 35.5. The molecular weight excluding hydrogens is 257 g/mol. The van der Waals surface area contributed by atoms with Gasteiger partial charge in [-0.3, -0.25) is 0 Å². The molecule has 1 aromatic rings. The van der Waals surface area contributed by atoms with Gasteiger partial charge in [0.2, 0.25) is 0 Å². The third-order valence-corrected chi connectivity index (χ3v) is 2.77. The van der Waals surface area contributed by atoms with E-state index in [0.29, 0.717) is 5.02 Å². The van der Waals surface area contributed by atoms with Crippen LogP contribution in [0.25, 0.3) is 0 Å². The van der Waals surface area contributed by atoms with Crippen molar-refractivity contribution in [3.05, 3.63) is 34.9 Å². The highest BCUT2D eigenvalue weighted by Crippen LogP contribution is 2.19. The van der Waals surface area contributed by atoms with E-state index in [1.165, 1.54) is 12.8 Å². The zero-order chi connectivity index (χ0) is 11.8. The van der Waals surface area contributed by atoms with Gasteiger partial charge in [-0.05, 0) is 43.6 Å². The summed E-state index contributed by atoms with van der Waals surface area (Å²) in [4.78, 5) is 0. The molecular formula is C13H21Cl2NO. The van der Waals surface area contributed by atoms with E-state index >= 15 is 0 Å². The van der Waals surface area contributed by atoms with Crippen LogP contribution in [-0.2, 0) is 0 Å². The van der Waals surface area contributed by atoms with Gasteiger partial charge in [-0.2, -0.15) is 0 Å². The summed E-state index contributed by atoms with van der Waals surface area (Å²) in [5, 5.41) is 13.9. The monoisotopic (exact) mass is 277 g/mol. The summed E-state index contributed by atoms with van der Waals surface area (Å²) < 4.78 is 0. The van der Waals surface area contributed by atoms with Crippen molar-refractivity contribution < 1.29 is 5.11 Å². The van der Waals surface area contributed by atoms with Crippen molar-refractivity contribution in [2.75, 3.05) is 13.1 Å². The molecule has 0 aliphatic carbocycles. The fourth-order valence-electron chi connectivity index (χ4n) is 1.55. The van der Waals surface area contributed by atoms with Crippen LogP contribution in [0.2, 0.25) is 5.02 Å². The second-order valence-electron chi connectivity index (χ2n) is 3.96. The van der Waals surface area contributed by atoms with Gasteiger partial charge in [0, 0.05) is 5.02 Å². The zero-order valence-electron chi connectivity index (χ0n) is 10.2. The molecule has 0 aliphatic rings. The Balaban J connectivity index is 0.00000256. The molecule has 1 atom stereocenters. The van der Waals surface area contributed by atoms with Crippen LogP contribution >= 0.6 is 24.0 Å². The van der Waals surface area contributed by atoms with E-state index in [1.54, 1.807) is 0 Å². The van der Waals surface area contributed by atoms with Crippen LogP contribution in [0.1, 0.15) is 37.9 Å². The molecule has 0 bridgehead atoms. The fourth-order valence-corrected chi connectivity index (χ4v) is 1.74. The molecule has 1 unspecified atom stereocenters. The third-order valence-electron chi connectivity index (χ3n) is 2.54. The van der Waals surface area contributed by atoms with E-state index in [0.717, 1.165) is 25.1 Å². The Morgan fingerprint density at radius 2 is 2.12 bits per heavy atom. The van der Waals surface area contributed by atoms with Crippen molar-refractivity contribution in [2.45, 2.75) is 32.3 Å². The summed E-state index contributed by atoms with van der Waals surface area (Å²) in [7, 11) is 0. The number of aliphatic hydroxyl groups is 1. The Kier molecular flexibility index (Phi) is 9.56. The average molecular weight is 278 g/mol. The standard InChI is InChI=1S/C13H20ClNO.ClH/c1-2-3-8-15-9-7-13(16)11-5-4-6-12(14)10-11;/h4-6,10,13,15-16H,2-3,7-9H2,1H3;1H. The molecule has 2 N–H and O–H groups in total. The van der Waals surface area contributed by atoms with Crippen molar-refractivity contribution in [2.24, 2.45) is 0 Å². The van der Waals surface area contributed by atoms with Crippen LogP contribution in [0.3, 0.4) is 0 Å². The summed E-state index contributed by atoms with van der Waals surface area (Å²) in [6.07, 6.45) is 2.69. The molecule has 1 rings (SSSR count). The van der Waals surface area contributed by atoms with Crippen LogP contribution in [0.15, 0.2) is 24.3 Å². The van der Waals surface area contributed by atoms with E-state index in [1.807, 2.05) is 24.3 Å². The number of nitrogens with one attached hydrogen (secondary N) is 1. The molecule has 4 heteroatoms. The maximum Gasteiger partial charge on any atom is 0.0802 e. The minimum absolute atomic E-state index is 0. The first-order chi connectivity index (χ1) is 7.74. The first-order valence-corrected chi connectivity index (χ1v) is 6.26. The van der Waals surface area contributed by atoms with Gasteiger partial charge in [0.25, 0.3) is 0 Å². The molecule has 0 fully saturated rings. The number of rotatable bonds is 7. The lowest BCUT2D eigenvalue weighted by atomic mass is 10.1. The molecule has 0 spiro atoms. The van der Waals surface area contributed by atoms with E-state index < -0.39 is 6.10 Å². The zero-order valence-corrected chi connectivity index (χ0v) is 11.7. The number of aliphatic hydroxyl groups excluding tert-OH is 1. The molecule has 0 amide bonds. The van der Waals surface area contributed by atoms with E-state index in [-0.39, 0.29) is 12.4 Å². The fraction of sp³-hybridized carbons (Fsp3) is 0.538. The summed E-state index contributed by atoms with van der Waals surface area (Å²) in [5.74, 6) is 0. The second-order valence-corrected chi connectivity index (χ2v) is 4.40. The summed E-state index contributed by atoms with van der Waals surface area (Å²) in [6, 6.07) is 7.41. The Morgan fingerprint density at radius 3 is 2.76 bits per heavy atom. The molecule has 98 valence electrons. The molecule has 0 saturated heterocycles. The Morgan fingerprint density at radius 1 is 1.35 bits per heavy atom. The van der Waals surface area contributed by atoms with Crippen molar-refractivity contribution in [1.82, 2.24) is 5.32 Å². The predicted molar refractivity (Wildman–Crippen MR) is 76.1 cm³/mol. The van der Waals surface area contributed by atoms with Gasteiger partial charge in [-0.25, -0.2) is 0 Å². The van der Waals surface area contributed by atoms with E-state index in [9.17, 15) is 5.11 Å². The molecule has 1 aromatic carbocycles. The summed E-state index contributed by atoms with van der Waals surface area (Å²) >= 11 is 5.86. The minimum Gasteiger partial charge on any atom is -0.388 e. The van der Waals surface area contributed by atoms with Gasteiger partial charge >= 0.3 is 0 Å². The predicted octanol–water partition coefficient (Wildman–Crippen LogP) is 3.58. The van der Waals surface area contributed by atoms with Crippen molar-refractivity contribution in [1.29, 1.82) is 0 Å². The first kappa shape index (κ1) is 16.7. The largest absolute Gasteiger partial charge is 0.388 e. The van der Waals surface area contributed by atoms with Crippen LogP contribution in [0, 0.1) is 0 Å². The van der Waals surface area contributed by atoms with Crippen molar-refractivity contribution in [3.63, 3.8) is 0 Å². The van der Waals surface area contributed by atoms with Gasteiger partial charge in [-0.15, -0.1) is 12.4 Å². The SMILES string of the molecule is CCCCNCCC(O)c1cccc(Cl)c1.Cl. The Labute approximate surface area is 115 Å². The van der Waals surface area contributed by atoms with Gasteiger partial charge in [0.1, 0.15) is 0 Å². The van der Waals surface area contributed by atoms with Gasteiger partial charge < -0.3 is 10.4 Å². The number of benzene rings is 1. The lowest BCUT2D eigenvalue weighted by Gasteiger charge is -2.11. The lowest BCUT2D eigenvalue weighted by Crippen LogP contribution is -2.18. The third kappa shape index (κ3) is 6.89. The van der Waals surface area contributed by atoms with Crippen LogP contribution < -0.4 is 5.32 Å². The van der Waals surface area contributed by atoms with Crippen LogP contribution in [-0.4, -0.2) is 18.2 Å². The maximum atomic E-state index is 9.90. The van der Waals surface area contributed by atoms with E-state index in [2.05, 4.69) is 12.2 Å². The lowest BCUT2D eigenvalue weighted by molar-refractivity contribution is 0.167. The average Bonchev–Trinajstić information content (AvgIpc) is 2.28. The molecule has 0 saturated carbocycles. The summed E-state index contributed by atoms with van der Waals surface area (Å²) in [5.41, 5.74) is 0.893. The van der Waals surface area contributed by atoms with E-state index in [4.69, 9.17) is 11.6 Å². The van der Waals surface area contributed by atoms with Gasteiger partial charge in [-0.1, -0.05) is 37.1 Å². The quantitative estimate of drug-likeness (QED) is 0.747. The molecule has 0 aromatic heterocycles. The van der Waals surface area contributed by atoms with Gasteiger partial charge in [0.05, 0.1) is 6.10 Å². The Hall–Kier alpha value is -0.280. The number of unbranched alkanes of at least 4 members (excludes halogenated alkanes) is 1. The smallest absolute Gasteiger partial charge is 0.0802 e. The van der Waals surface area contributed by atoms with Crippen molar-refractivity contribution >= 4 is 24.0 Å². The summed E-state index contributed by atoms with van der Waals surface area (Å²) in [6.45, 7) is 4.04. The maximum absolute atomic E-state index is 9.90. The normalized spacial score (nSPS) is 11.9. The molecule has 0 radical (unpaired) electrons. The number of hydrogen-bond donors (Lipinski definition) is 2. The van der Waals surface area contributed by atoms with Crippen molar-refractivity contribution in [3.8, 4) is 0 Å². The molecule has 0 heterocycles. The highest BCUT2D eigenvalue weighted by molar-refractivity contribution is 6.30. The molecule has 17 heavy (non-hydrogen) atoms. The Bertz CT molecular complexity index is 307. The molecule has 0 aliphatic heterocycles. The molecule has 2 nitrogen and oxygen atoms in total. The van der Waals surface area contributed by atoms with Crippen LogP contribution in [0.4, 0.5) is 0 Å². The first-order valence-electron chi connectivity index (χ1n) is 5.88.